The standard InChI is InChI=1S/C17H18N4O/c1-4-13-11(2)16(12-7-5-6-8-14(12)18-13)17(22)19-15-9-10-21(3)20-15/h5-10H,4H2,1-3H3,(H,19,20,22). The van der Waals surface area contributed by atoms with Crippen LogP contribution in [0.2, 0.25) is 0 Å². The molecular weight excluding hydrogens is 276 g/mol. The molecule has 1 N–H and O–H groups in total. The molecule has 0 saturated heterocycles. The van der Waals surface area contributed by atoms with Crippen molar-refractivity contribution in [2.24, 2.45) is 7.05 Å². The van der Waals surface area contributed by atoms with Crippen molar-refractivity contribution < 1.29 is 4.79 Å². The van der Waals surface area contributed by atoms with Gasteiger partial charge in [0.2, 0.25) is 0 Å². The van der Waals surface area contributed by atoms with Crippen molar-refractivity contribution in [2.45, 2.75) is 20.3 Å². The Labute approximate surface area is 129 Å². The van der Waals surface area contributed by atoms with Crippen molar-refractivity contribution in [1.29, 1.82) is 0 Å². The van der Waals surface area contributed by atoms with Crippen molar-refractivity contribution in [3.05, 3.63) is 53.3 Å². The number of aryl methyl sites for hydroxylation is 2. The van der Waals surface area contributed by atoms with E-state index >= 15 is 0 Å². The van der Waals surface area contributed by atoms with Crippen LogP contribution in [-0.2, 0) is 13.5 Å². The third-order valence-corrected chi connectivity index (χ3v) is 3.75. The van der Waals surface area contributed by atoms with E-state index in [9.17, 15) is 4.79 Å². The smallest absolute Gasteiger partial charge is 0.257 e. The first-order valence-corrected chi connectivity index (χ1v) is 7.29. The SMILES string of the molecule is CCc1nc2ccccc2c(C(=O)Nc2ccn(C)n2)c1C. The van der Waals surface area contributed by atoms with Gasteiger partial charge in [-0.1, -0.05) is 25.1 Å². The van der Waals surface area contributed by atoms with E-state index in [1.165, 1.54) is 0 Å². The topological polar surface area (TPSA) is 59.8 Å². The van der Waals surface area contributed by atoms with Gasteiger partial charge < -0.3 is 5.32 Å². The molecule has 0 aliphatic rings. The van der Waals surface area contributed by atoms with E-state index in [2.05, 4.69) is 15.4 Å². The number of fused-ring (bicyclic) bond motifs is 1. The Balaban J connectivity index is 2.11. The fourth-order valence-electron chi connectivity index (χ4n) is 2.66. The number of amides is 1. The minimum Gasteiger partial charge on any atom is -0.305 e. The van der Waals surface area contributed by atoms with Gasteiger partial charge in [-0.25, -0.2) is 0 Å². The van der Waals surface area contributed by atoms with Crippen LogP contribution in [0, 0.1) is 6.92 Å². The van der Waals surface area contributed by atoms with Crippen LogP contribution in [0.1, 0.15) is 28.5 Å². The van der Waals surface area contributed by atoms with E-state index in [0.717, 1.165) is 28.6 Å². The van der Waals surface area contributed by atoms with Crippen LogP contribution < -0.4 is 5.32 Å². The van der Waals surface area contributed by atoms with Crippen molar-refractivity contribution in [1.82, 2.24) is 14.8 Å². The van der Waals surface area contributed by atoms with Crippen molar-refractivity contribution >= 4 is 22.6 Å². The number of carbonyl (C=O) groups is 1. The summed E-state index contributed by atoms with van der Waals surface area (Å²) in [6.45, 7) is 4.00. The lowest BCUT2D eigenvalue weighted by molar-refractivity contribution is 0.102. The zero-order valence-corrected chi connectivity index (χ0v) is 12.9. The monoisotopic (exact) mass is 294 g/mol. The van der Waals surface area contributed by atoms with Crippen LogP contribution in [0.15, 0.2) is 36.5 Å². The zero-order valence-electron chi connectivity index (χ0n) is 12.9. The van der Waals surface area contributed by atoms with Gasteiger partial charge in [-0.2, -0.15) is 5.10 Å². The average molecular weight is 294 g/mol. The third kappa shape index (κ3) is 2.45. The molecule has 0 bridgehead atoms. The molecule has 0 fully saturated rings. The lowest BCUT2D eigenvalue weighted by Gasteiger charge is -2.13. The number of hydrogen-bond donors (Lipinski definition) is 1. The second-order valence-electron chi connectivity index (χ2n) is 5.26. The number of rotatable bonds is 3. The molecule has 22 heavy (non-hydrogen) atoms. The molecule has 0 saturated carbocycles. The quantitative estimate of drug-likeness (QED) is 0.807. The molecule has 3 aromatic rings. The first-order chi connectivity index (χ1) is 10.6. The maximum absolute atomic E-state index is 12.7. The van der Waals surface area contributed by atoms with Crippen LogP contribution in [-0.4, -0.2) is 20.7 Å². The van der Waals surface area contributed by atoms with Gasteiger partial charge in [0.1, 0.15) is 0 Å². The lowest BCUT2D eigenvalue weighted by Crippen LogP contribution is -2.16. The molecule has 1 aromatic carbocycles. The second-order valence-corrected chi connectivity index (χ2v) is 5.26. The molecule has 0 atom stereocenters. The number of anilines is 1. The summed E-state index contributed by atoms with van der Waals surface area (Å²) >= 11 is 0. The average Bonchev–Trinajstić information content (AvgIpc) is 2.91. The number of carbonyl (C=O) groups excluding carboxylic acids is 1. The van der Waals surface area contributed by atoms with Crippen molar-refractivity contribution in [2.75, 3.05) is 5.32 Å². The van der Waals surface area contributed by atoms with Crippen molar-refractivity contribution in [3.63, 3.8) is 0 Å². The van der Waals surface area contributed by atoms with E-state index in [1.54, 1.807) is 16.9 Å². The maximum atomic E-state index is 12.7. The molecule has 0 radical (unpaired) electrons. The maximum Gasteiger partial charge on any atom is 0.257 e. The summed E-state index contributed by atoms with van der Waals surface area (Å²) in [6.07, 6.45) is 2.59. The molecule has 0 spiro atoms. The third-order valence-electron chi connectivity index (χ3n) is 3.75. The predicted octanol–water partition coefficient (Wildman–Crippen LogP) is 3.09. The van der Waals surface area contributed by atoms with Crippen LogP contribution in [0.4, 0.5) is 5.82 Å². The fourth-order valence-corrected chi connectivity index (χ4v) is 2.66. The lowest BCUT2D eigenvalue weighted by atomic mass is 9.99. The summed E-state index contributed by atoms with van der Waals surface area (Å²) < 4.78 is 1.66. The Kier molecular flexibility index (Phi) is 3.63. The molecule has 2 heterocycles. The Hall–Kier alpha value is -2.69. The van der Waals surface area contributed by atoms with Gasteiger partial charge in [0.15, 0.2) is 5.82 Å². The first-order valence-electron chi connectivity index (χ1n) is 7.29. The van der Waals surface area contributed by atoms with Crippen molar-refractivity contribution in [3.8, 4) is 0 Å². The summed E-state index contributed by atoms with van der Waals surface area (Å²) in [5, 5.41) is 7.93. The second kappa shape index (κ2) is 5.60. The van der Waals surface area contributed by atoms with Gasteiger partial charge >= 0.3 is 0 Å². The number of benzene rings is 1. The van der Waals surface area contributed by atoms with Crippen LogP contribution >= 0.6 is 0 Å². The Bertz CT molecular complexity index is 851. The molecule has 1 amide bonds. The van der Waals surface area contributed by atoms with Gasteiger partial charge in [0.05, 0.1) is 11.1 Å². The van der Waals surface area contributed by atoms with Crippen LogP contribution in [0.5, 0.6) is 0 Å². The molecule has 0 aliphatic heterocycles. The predicted molar refractivity (Wildman–Crippen MR) is 87.0 cm³/mol. The number of hydrogen-bond acceptors (Lipinski definition) is 3. The number of aromatic nitrogens is 3. The first kappa shape index (κ1) is 14.3. The number of para-hydroxylation sites is 1. The highest BCUT2D eigenvalue weighted by atomic mass is 16.1. The molecule has 0 unspecified atom stereocenters. The minimum atomic E-state index is -0.149. The molecular formula is C17H18N4O. The normalized spacial score (nSPS) is 10.9. The number of nitrogens with one attached hydrogen (secondary N) is 1. The molecule has 3 rings (SSSR count). The highest BCUT2D eigenvalue weighted by molar-refractivity contribution is 6.13. The van der Waals surface area contributed by atoms with Gasteiger partial charge in [-0.15, -0.1) is 0 Å². The summed E-state index contributed by atoms with van der Waals surface area (Å²) in [5.74, 6) is 0.398. The molecule has 0 aliphatic carbocycles. The highest BCUT2D eigenvalue weighted by Gasteiger charge is 2.17. The van der Waals surface area contributed by atoms with Gasteiger partial charge in [-0.3, -0.25) is 14.5 Å². The highest BCUT2D eigenvalue weighted by Crippen LogP contribution is 2.24. The summed E-state index contributed by atoms with van der Waals surface area (Å²) in [5.41, 5.74) is 3.39. The van der Waals surface area contributed by atoms with E-state index in [1.807, 2.05) is 45.2 Å². The number of nitrogens with zero attached hydrogens (tertiary/aromatic N) is 3. The van der Waals surface area contributed by atoms with Crippen LogP contribution in [0.25, 0.3) is 10.9 Å². The van der Waals surface area contributed by atoms with Gasteiger partial charge in [-0.05, 0) is 25.0 Å². The van der Waals surface area contributed by atoms with Gasteiger partial charge in [0.25, 0.3) is 5.91 Å². The van der Waals surface area contributed by atoms with Gasteiger partial charge in [0, 0.05) is 30.4 Å². The summed E-state index contributed by atoms with van der Waals surface area (Å²) in [7, 11) is 1.82. The molecule has 5 heteroatoms. The van der Waals surface area contributed by atoms with E-state index in [0.29, 0.717) is 11.4 Å². The molecule has 5 nitrogen and oxygen atoms in total. The minimum absolute atomic E-state index is 0.149. The Morgan fingerprint density at radius 2 is 2.05 bits per heavy atom. The Morgan fingerprint density at radius 3 is 2.73 bits per heavy atom. The zero-order chi connectivity index (χ0) is 15.7. The summed E-state index contributed by atoms with van der Waals surface area (Å²) in [6, 6.07) is 9.50. The largest absolute Gasteiger partial charge is 0.305 e. The Morgan fingerprint density at radius 1 is 1.27 bits per heavy atom. The molecule has 112 valence electrons. The summed E-state index contributed by atoms with van der Waals surface area (Å²) in [4.78, 5) is 17.4. The number of pyridine rings is 1. The molecule has 2 aromatic heterocycles. The van der Waals surface area contributed by atoms with E-state index in [-0.39, 0.29) is 5.91 Å². The fraction of sp³-hybridized carbons (Fsp3) is 0.235. The van der Waals surface area contributed by atoms with Crippen LogP contribution in [0.3, 0.4) is 0 Å². The van der Waals surface area contributed by atoms with E-state index < -0.39 is 0 Å². The van der Waals surface area contributed by atoms with E-state index in [4.69, 9.17) is 0 Å².